The number of nitrogen functional groups attached to an aromatic ring is 1. The highest BCUT2D eigenvalue weighted by Gasteiger charge is 2.31. The third-order valence-electron chi connectivity index (χ3n) is 2.71. The van der Waals surface area contributed by atoms with Gasteiger partial charge in [0, 0.05) is 31.0 Å². The third kappa shape index (κ3) is 2.19. The maximum absolute atomic E-state index is 9.86. The highest BCUT2D eigenvalue weighted by atomic mass is 16.3. The minimum atomic E-state index is -0.584. The Morgan fingerprint density at radius 1 is 1.67 bits per heavy atom. The maximum atomic E-state index is 9.86. The zero-order valence-electron chi connectivity index (χ0n) is 8.77. The first-order valence-electron chi connectivity index (χ1n) is 5.01. The maximum Gasteiger partial charge on any atom is 0.141 e. The van der Waals surface area contributed by atoms with E-state index in [1.54, 1.807) is 6.20 Å². The van der Waals surface area contributed by atoms with Crippen LogP contribution in [-0.4, -0.2) is 28.8 Å². The molecule has 0 spiro atoms. The lowest BCUT2D eigenvalue weighted by atomic mass is 10.1. The van der Waals surface area contributed by atoms with E-state index in [0.29, 0.717) is 12.4 Å². The van der Waals surface area contributed by atoms with Crippen LogP contribution in [0.25, 0.3) is 0 Å². The van der Waals surface area contributed by atoms with Crippen molar-refractivity contribution in [3.05, 3.63) is 18.3 Å². The van der Waals surface area contributed by atoms with Gasteiger partial charge in [-0.2, -0.15) is 0 Å². The van der Waals surface area contributed by atoms with Crippen molar-refractivity contribution in [3.8, 4) is 0 Å². The van der Waals surface area contributed by atoms with Crippen molar-refractivity contribution >= 4 is 11.5 Å². The second-order valence-electron chi connectivity index (χ2n) is 4.21. The molecule has 0 saturated carbocycles. The summed E-state index contributed by atoms with van der Waals surface area (Å²) in [7, 11) is 0. The molecule has 5 heteroatoms. The summed E-state index contributed by atoms with van der Waals surface area (Å²) in [6.45, 7) is 3.37. The highest BCUT2D eigenvalue weighted by molar-refractivity contribution is 5.54. The summed E-state index contributed by atoms with van der Waals surface area (Å²) in [6.07, 6.45) is 2.50. The molecule has 0 aromatic carbocycles. The van der Waals surface area contributed by atoms with Crippen LogP contribution in [-0.2, 0) is 0 Å². The fraction of sp³-hybridized carbons (Fsp3) is 0.500. The Bertz CT molecular complexity index is 353. The molecule has 1 aromatic heterocycles. The molecule has 1 fully saturated rings. The highest BCUT2D eigenvalue weighted by Crippen LogP contribution is 2.26. The number of hydrogen-bond donors (Lipinski definition) is 3. The first-order valence-corrected chi connectivity index (χ1v) is 5.01. The zero-order valence-corrected chi connectivity index (χ0v) is 8.77. The molecule has 1 aromatic rings. The number of nitrogens with two attached hydrogens (primary N) is 1. The first-order chi connectivity index (χ1) is 7.11. The molecular weight excluding hydrogens is 192 g/mol. The van der Waals surface area contributed by atoms with Gasteiger partial charge in [-0.3, -0.25) is 0 Å². The van der Waals surface area contributed by atoms with E-state index in [1.807, 2.05) is 19.1 Å². The molecule has 0 radical (unpaired) electrons. The molecule has 1 unspecified atom stereocenters. The van der Waals surface area contributed by atoms with Gasteiger partial charge in [0.1, 0.15) is 5.82 Å². The normalized spacial score (nSPS) is 25.7. The quantitative estimate of drug-likeness (QED) is 0.482. The van der Waals surface area contributed by atoms with Gasteiger partial charge in [-0.05, 0) is 19.4 Å². The molecule has 82 valence electrons. The predicted octanol–water partition coefficient (Wildman–Crippen LogP) is 0.328. The van der Waals surface area contributed by atoms with Gasteiger partial charge >= 0.3 is 0 Å². The SMILES string of the molecule is CC1(O)CCN(c2ccnc(NN)c2)C1. The van der Waals surface area contributed by atoms with Crippen molar-refractivity contribution in [2.24, 2.45) is 5.84 Å². The van der Waals surface area contributed by atoms with Crippen LogP contribution < -0.4 is 16.2 Å². The number of aliphatic hydroxyl groups is 1. The van der Waals surface area contributed by atoms with Gasteiger partial charge in [-0.1, -0.05) is 0 Å². The number of pyridine rings is 1. The van der Waals surface area contributed by atoms with Gasteiger partial charge in [-0.15, -0.1) is 0 Å². The summed E-state index contributed by atoms with van der Waals surface area (Å²) in [6, 6.07) is 3.80. The minimum Gasteiger partial charge on any atom is -0.388 e. The number of rotatable bonds is 2. The van der Waals surface area contributed by atoms with E-state index in [0.717, 1.165) is 18.7 Å². The Kier molecular flexibility index (Phi) is 2.50. The number of hydrazine groups is 1. The van der Waals surface area contributed by atoms with Crippen LogP contribution in [0.4, 0.5) is 11.5 Å². The van der Waals surface area contributed by atoms with Crippen molar-refractivity contribution in [3.63, 3.8) is 0 Å². The molecule has 0 bridgehead atoms. The molecule has 1 aliphatic heterocycles. The Labute approximate surface area is 88.9 Å². The summed E-state index contributed by atoms with van der Waals surface area (Å²) in [5.41, 5.74) is 2.97. The van der Waals surface area contributed by atoms with Crippen LogP contribution in [0.1, 0.15) is 13.3 Å². The summed E-state index contributed by atoms with van der Waals surface area (Å²) in [5, 5.41) is 9.86. The van der Waals surface area contributed by atoms with Crippen molar-refractivity contribution < 1.29 is 5.11 Å². The van der Waals surface area contributed by atoms with E-state index in [-0.39, 0.29) is 0 Å². The molecular formula is C10H16N4O. The van der Waals surface area contributed by atoms with Crippen LogP contribution in [0.3, 0.4) is 0 Å². The topological polar surface area (TPSA) is 74.4 Å². The summed E-state index contributed by atoms with van der Waals surface area (Å²) in [5.74, 6) is 5.93. The lowest BCUT2D eigenvalue weighted by Gasteiger charge is -2.21. The molecule has 2 rings (SSSR count). The number of anilines is 2. The van der Waals surface area contributed by atoms with Gasteiger partial charge in [0.25, 0.3) is 0 Å². The molecule has 0 amide bonds. The van der Waals surface area contributed by atoms with Gasteiger partial charge < -0.3 is 15.4 Å². The molecule has 4 N–H and O–H groups in total. The van der Waals surface area contributed by atoms with Crippen LogP contribution in [0, 0.1) is 0 Å². The third-order valence-corrected chi connectivity index (χ3v) is 2.71. The molecule has 1 saturated heterocycles. The molecule has 0 aliphatic carbocycles. The first kappa shape index (κ1) is 10.2. The van der Waals surface area contributed by atoms with E-state index < -0.39 is 5.60 Å². The van der Waals surface area contributed by atoms with E-state index in [2.05, 4.69) is 15.3 Å². The van der Waals surface area contributed by atoms with Gasteiger partial charge in [0.15, 0.2) is 0 Å². The number of nitrogens with one attached hydrogen (secondary N) is 1. The second kappa shape index (κ2) is 3.67. The van der Waals surface area contributed by atoms with E-state index in [1.165, 1.54) is 0 Å². The lowest BCUT2D eigenvalue weighted by molar-refractivity contribution is 0.0839. The van der Waals surface area contributed by atoms with Gasteiger partial charge in [-0.25, -0.2) is 10.8 Å². The monoisotopic (exact) mass is 208 g/mol. The average Bonchev–Trinajstić information content (AvgIpc) is 2.59. The Morgan fingerprint density at radius 2 is 2.47 bits per heavy atom. The fourth-order valence-corrected chi connectivity index (χ4v) is 1.86. The van der Waals surface area contributed by atoms with Crippen molar-refractivity contribution in [2.75, 3.05) is 23.4 Å². The van der Waals surface area contributed by atoms with Crippen LogP contribution in [0.15, 0.2) is 18.3 Å². The Hall–Kier alpha value is -1.33. The van der Waals surface area contributed by atoms with Crippen molar-refractivity contribution in [1.82, 2.24) is 4.98 Å². The summed E-state index contributed by atoms with van der Waals surface area (Å²) in [4.78, 5) is 6.17. The second-order valence-corrected chi connectivity index (χ2v) is 4.21. The number of hydrogen-bond acceptors (Lipinski definition) is 5. The minimum absolute atomic E-state index is 0.584. The van der Waals surface area contributed by atoms with Gasteiger partial charge in [0.05, 0.1) is 5.60 Å². The van der Waals surface area contributed by atoms with Crippen molar-refractivity contribution in [1.29, 1.82) is 0 Å². The van der Waals surface area contributed by atoms with Gasteiger partial charge in [0.2, 0.25) is 0 Å². The molecule has 1 aliphatic rings. The van der Waals surface area contributed by atoms with E-state index >= 15 is 0 Å². The standard InChI is InChI=1S/C10H16N4O/c1-10(15)3-5-14(7-10)8-2-4-12-9(6-8)13-11/h2,4,6,15H,3,5,7,11H2,1H3,(H,12,13). The predicted molar refractivity (Wildman–Crippen MR) is 59.5 cm³/mol. The Morgan fingerprint density at radius 3 is 3.07 bits per heavy atom. The fourth-order valence-electron chi connectivity index (χ4n) is 1.86. The van der Waals surface area contributed by atoms with Crippen LogP contribution >= 0.6 is 0 Å². The lowest BCUT2D eigenvalue weighted by Crippen LogP contribution is -2.29. The van der Waals surface area contributed by atoms with Crippen LogP contribution in [0.5, 0.6) is 0 Å². The largest absolute Gasteiger partial charge is 0.388 e. The number of β-amino-alcohol motifs (C(OH)–C–C–N with tert-alkyl or cyclic N) is 1. The smallest absolute Gasteiger partial charge is 0.141 e. The summed E-state index contributed by atoms with van der Waals surface area (Å²) >= 11 is 0. The molecule has 1 atom stereocenters. The molecule has 5 nitrogen and oxygen atoms in total. The zero-order chi connectivity index (χ0) is 10.9. The van der Waals surface area contributed by atoms with Crippen LogP contribution in [0.2, 0.25) is 0 Å². The Balaban J connectivity index is 2.16. The summed E-state index contributed by atoms with van der Waals surface area (Å²) < 4.78 is 0. The van der Waals surface area contributed by atoms with E-state index in [9.17, 15) is 5.11 Å². The molecule has 2 heterocycles. The number of nitrogens with zero attached hydrogens (tertiary/aromatic N) is 2. The average molecular weight is 208 g/mol. The van der Waals surface area contributed by atoms with E-state index in [4.69, 9.17) is 5.84 Å². The number of aromatic nitrogens is 1. The van der Waals surface area contributed by atoms with Crippen molar-refractivity contribution in [2.45, 2.75) is 18.9 Å². The molecule has 15 heavy (non-hydrogen) atoms.